The Labute approximate surface area is 173 Å². The van der Waals surface area contributed by atoms with Crippen LogP contribution in [0.3, 0.4) is 0 Å². The van der Waals surface area contributed by atoms with Gasteiger partial charge in [0, 0.05) is 40.8 Å². The molecule has 2 aliphatic rings. The topological polar surface area (TPSA) is 75.1 Å². The van der Waals surface area contributed by atoms with E-state index < -0.39 is 5.41 Å². The summed E-state index contributed by atoms with van der Waals surface area (Å²) in [6.45, 7) is 5.33. The zero-order chi connectivity index (χ0) is 20.3. The zero-order valence-electron chi connectivity index (χ0n) is 16.3. The molecule has 1 atom stereocenters. The number of likely N-dealkylation sites (N-methyl/N-ethyl adjacent to an activating group) is 1. The molecule has 2 aromatic carbocycles. The highest BCUT2D eigenvalue weighted by Gasteiger charge is 2.59. The number of benzene rings is 2. The van der Waals surface area contributed by atoms with E-state index in [1.165, 1.54) is 11.8 Å². The molecule has 6 heteroatoms. The van der Waals surface area contributed by atoms with E-state index >= 15 is 0 Å². The molecule has 1 aromatic heterocycles. The van der Waals surface area contributed by atoms with Crippen LogP contribution in [0.4, 0.5) is 5.69 Å². The number of hydrogen-bond acceptors (Lipinski definition) is 4. The zero-order valence-corrected chi connectivity index (χ0v) is 17.1. The number of aryl methyl sites for hydroxylation is 1. The summed E-state index contributed by atoms with van der Waals surface area (Å²) < 4.78 is 2.20. The number of fused-ring (bicyclic) bond motifs is 6. The predicted molar refractivity (Wildman–Crippen MR) is 116 cm³/mol. The van der Waals surface area contributed by atoms with Gasteiger partial charge in [-0.2, -0.15) is 5.26 Å². The normalized spacial score (nSPS) is 20.3. The molecule has 0 bridgehead atoms. The average Bonchev–Trinajstić information content (AvgIpc) is 3.18. The van der Waals surface area contributed by atoms with Crippen molar-refractivity contribution in [2.24, 2.45) is 5.73 Å². The van der Waals surface area contributed by atoms with Crippen LogP contribution in [-0.4, -0.2) is 17.0 Å². The van der Waals surface area contributed by atoms with E-state index in [0.717, 1.165) is 39.3 Å². The van der Waals surface area contributed by atoms with Crippen LogP contribution in [0.5, 0.6) is 0 Å². The summed E-state index contributed by atoms with van der Waals surface area (Å²) in [5, 5.41) is 12.5. The largest absolute Gasteiger partial charge is 0.392 e. The molecule has 2 aliphatic heterocycles. The van der Waals surface area contributed by atoms with Gasteiger partial charge in [0.1, 0.15) is 5.41 Å². The van der Waals surface area contributed by atoms with E-state index in [1.54, 1.807) is 4.90 Å². The number of aromatic nitrogens is 1. The highest BCUT2D eigenvalue weighted by molar-refractivity contribution is 8.03. The minimum Gasteiger partial charge on any atom is -0.392 e. The Morgan fingerprint density at radius 3 is 2.55 bits per heavy atom. The third kappa shape index (κ3) is 1.98. The Bertz CT molecular complexity index is 1270. The number of carbonyl (C=O) groups excluding carboxylic acids is 1. The molecule has 5 nitrogen and oxygen atoms in total. The molecule has 0 saturated heterocycles. The van der Waals surface area contributed by atoms with Gasteiger partial charge in [0.2, 0.25) is 5.91 Å². The molecular weight excluding hydrogens is 380 g/mol. The van der Waals surface area contributed by atoms with Crippen LogP contribution in [0.2, 0.25) is 0 Å². The summed E-state index contributed by atoms with van der Waals surface area (Å²) in [4.78, 5) is 15.8. The number of carbonyl (C=O) groups is 1. The first-order valence-corrected chi connectivity index (χ1v) is 10.5. The van der Waals surface area contributed by atoms with Crippen LogP contribution in [-0.2, 0) is 16.8 Å². The number of nitrogens with zero attached hydrogens (tertiary/aromatic N) is 3. The van der Waals surface area contributed by atoms with Gasteiger partial charge < -0.3 is 15.2 Å². The van der Waals surface area contributed by atoms with Crippen LogP contribution >= 0.6 is 11.8 Å². The Kier molecular flexibility index (Phi) is 3.80. The maximum absolute atomic E-state index is 14.1. The van der Waals surface area contributed by atoms with Crippen LogP contribution in [0, 0.1) is 11.3 Å². The summed E-state index contributed by atoms with van der Waals surface area (Å²) in [5.74, 6) is -0.0961. The Morgan fingerprint density at radius 2 is 1.83 bits per heavy atom. The van der Waals surface area contributed by atoms with Gasteiger partial charge in [-0.1, -0.05) is 48.2 Å². The molecule has 0 fully saturated rings. The summed E-state index contributed by atoms with van der Waals surface area (Å²) in [7, 11) is 0. The maximum Gasteiger partial charge on any atom is 0.247 e. The quantitative estimate of drug-likeness (QED) is 0.702. The van der Waals surface area contributed by atoms with Gasteiger partial charge in [0.15, 0.2) is 0 Å². The number of hydrogen-bond donors (Lipinski definition) is 1. The van der Waals surface area contributed by atoms with Crippen molar-refractivity contribution in [2.45, 2.75) is 30.8 Å². The molecular formula is C23H20N4OS. The lowest BCUT2D eigenvalue weighted by Gasteiger charge is -2.33. The van der Waals surface area contributed by atoms with Crippen LogP contribution in [0.25, 0.3) is 10.9 Å². The molecule has 3 aromatic rings. The van der Waals surface area contributed by atoms with Gasteiger partial charge in [0.25, 0.3) is 0 Å². The molecule has 3 heterocycles. The van der Waals surface area contributed by atoms with Crippen molar-refractivity contribution in [2.75, 3.05) is 11.4 Å². The van der Waals surface area contributed by atoms with Crippen LogP contribution in [0.15, 0.2) is 64.2 Å². The van der Waals surface area contributed by atoms with Crippen molar-refractivity contribution in [1.29, 1.82) is 5.26 Å². The second-order valence-corrected chi connectivity index (χ2v) is 8.24. The summed E-state index contributed by atoms with van der Waals surface area (Å²) in [5.41, 5.74) is 9.22. The lowest BCUT2D eigenvalue weighted by molar-refractivity contribution is -0.120. The number of anilines is 1. The first-order valence-electron chi connectivity index (χ1n) is 9.72. The third-order valence-corrected chi connectivity index (χ3v) is 7.08. The van der Waals surface area contributed by atoms with Gasteiger partial charge >= 0.3 is 0 Å². The van der Waals surface area contributed by atoms with Gasteiger partial charge in [-0.15, -0.1) is 0 Å². The smallest absolute Gasteiger partial charge is 0.247 e. The Balaban J connectivity index is 2.02. The SMILES string of the molecule is CCN1C(=O)C2(C(C#N)=C(N)Sc3c2c2ccccc2n3CC)c2ccccc21. The average molecular weight is 401 g/mol. The Morgan fingerprint density at radius 1 is 1.10 bits per heavy atom. The van der Waals surface area contributed by atoms with E-state index in [-0.39, 0.29) is 5.91 Å². The Hall–Kier alpha value is -3.17. The number of thioether (sulfide) groups is 1. The second-order valence-electron chi connectivity index (χ2n) is 7.21. The van der Waals surface area contributed by atoms with Crippen molar-refractivity contribution in [3.05, 3.63) is 70.3 Å². The van der Waals surface area contributed by atoms with Gasteiger partial charge in [0.05, 0.1) is 21.7 Å². The van der Waals surface area contributed by atoms with E-state index in [1.807, 2.05) is 49.4 Å². The molecule has 144 valence electrons. The van der Waals surface area contributed by atoms with Crippen molar-refractivity contribution in [3.8, 4) is 6.07 Å². The number of amides is 1. The highest BCUT2D eigenvalue weighted by atomic mass is 32.2. The van der Waals surface area contributed by atoms with E-state index in [9.17, 15) is 10.1 Å². The van der Waals surface area contributed by atoms with E-state index in [0.29, 0.717) is 17.1 Å². The lowest BCUT2D eigenvalue weighted by atomic mass is 9.70. The number of rotatable bonds is 2. The standard InChI is InChI=1S/C23H20N4OS/c1-3-26-17-11-7-5-9-14(17)19-21(26)29-20(25)16(13-24)23(19)15-10-6-8-12-18(15)27(4-2)22(23)28/h5-12H,3-4,25H2,1-2H3. The number of para-hydroxylation sites is 2. The highest BCUT2D eigenvalue weighted by Crippen LogP contribution is 2.59. The van der Waals surface area contributed by atoms with Crippen molar-refractivity contribution in [1.82, 2.24) is 4.57 Å². The molecule has 0 saturated carbocycles. The van der Waals surface area contributed by atoms with E-state index in [4.69, 9.17) is 5.73 Å². The van der Waals surface area contributed by atoms with Crippen molar-refractivity contribution in [3.63, 3.8) is 0 Å². The van der Waals surface area contributed by atoms with Gasteiger partial charge in [-0.05, 0) is 26.0 Å². The van der Waals surface area contributed by atoms with Crippen molar-refractivity contribution >= 4 is 34.3 Å². The maximum atomic E-state index is 14.1. The monoisotopic (exact) mass is 400 g/mol. The first-order chi connectivity index (χ1) is 14.1. The third-order valence-electron chi connectivity index (χ3n) is 6.04. The minimum atomic E-state index is -1.20. The molecule has 0 aliphatic carbocycles. The number of nitriles is 1. The number of nitrogens with two attached hydrogens (primary N) is 1. The molecule has 1 amide bonds. The molecule has 1 spiro atoms. The molecule has 0 radical (unpaired) electrons. The molecule has 29 heavy (non-hydrogen) atoms. The summed E-state index contributed by atoms with van der Waals surface area (Å²) >= 11 is 1.39. The molecule has 2 N–H and O–H groups in total. The fourth-order valence-corrected chi connectivity index (χ4v) is 6.13. The lowest BCUT2D eigenvalue weighted by Crippen LogP contribution is -2.44. The van der Waals surface area contributed by atoms with Gasteiger partial charge in [-0.3, -0.25) is 4.79 Å². The van der Waals surface area contributed by atoms with Crippen molar-refractivity contribution < 1.29 is 4.79 Å². The fraction of sp³-hybridized carbons (Fsp3) is 0.217. The first kappa shape index (κ1) is 17.9. The van der Waals surface area contributed by atoms with E-state index in [2.05, 4.69) is 23.6 Å². The van der Waals surface area contributed by atoms with Crippen LogP contribution in [0.1, 0.15) is 25.0 Å². The summed E-state index contributed by atoms with van der Waals surface area (Å²) in [6.07, 6.45) is 0. The second kappa shape index (κ2) is 6.16. The molecule has 1 unspecified atom stereocenters. The predicted octanol–water partition coefficient (Wildman–Crippen LogP) is 4.11. The summed E-state index contributed by atoms with van der Waals surface area (Å²) in [6, 6.07) is 18.2. The van der Waals surface area contributed by atoms with Crippen LogP contribution < -0.4 is 10.6 Å². The molecule has 5 rings (SSSR count). The minimum absolute atomic E-state index is 0.0961. The fourth-order valence-electron chi connectivity index (χ4n) is 4.92. The van der Waals surface area contributed by atoms with Gasteiger partial charge in [-0.25, -0.2) is 0 Å².